The van der Waals surface area contributed by atoms with Gasteiger partial charge in [0, 0.05) is 10.9 Å². The summed E-state index contributed by atoms with van der Waals surface area (Å²) in [7, 11) is 0. The van der Waals surface area contributed by atoms with E-state index in [-0.39, 0.29) is 11.4 Å². The van der Waals surface area contributed by atoms with Crippen LogP contribution in [0.25, 0.3) is 43.6 Å². The fourth-order valence-corrected chi connectivity index (χ4v) is 5.22. The Hall–Kier alpha value is -3.92. The number of pyridine rings is 1. The van der Waals surface area contributed by atoms with Crippen LogP contribution in [-0.2, 0) is 12.8 Å². The van der Waals surface area contributed by atoms with E-state index in [1.54, 1.807) is 24.3 Å². The largest absolute Gasteiger partial charge is 0.493 e. The maximum absolute atomic E-state index is 11.8. The van der Waals surface area contributed by atoms with Crippen LogP contribution >= 0.6 is 0 Å². The standard InChI is InChI=1S/C28H21NO3/c30-27-25(15-24-21(28(31)32)10-5-11-26(24)29-27)23-14-22-17-7-2-1-6-16(17)12-13-20(22)18-8-3-4-9-19(18)23/h3-5,8-15H,1-2,6-7H2,(H,29,30)(H,31,32). The van der Waals surface area contributed by atoms with Crippen LogP contribution in [-0.4, -0.2) is 21.2 Å². The van der Waals surface area contributed by atoms with Crippen LogP contribution in [0.5, 0.6) is 5.88 Å². The molecular weight excluding hydrogens is 398 g/mol. The van der Waals surface area contributed by atoms with Crippen molar-refractivity contribution < 1.29 is 15.0 Å². The molecule has 0 aliphatic heterocycles. The number of fused-ring (bicyclic) bond motifs is 6. The monoisotopic (exact) mass is 419 g/mol. The minimum absolute atomic E-state index is 0.0886. The number of aromatic hydroxyl groups is 1. The average Bonchev–Trinajstić information content (AvgIpc) is 2.82. The fraction of sp³-hybridized carbons (Fsp3) is 0.143. The molecule has 156 valence electrons. The highest BCUT2D eigenvalue weighted by Gasteiger charge is 2.19. The molecule has 1 aromatic heterocycles. The number of benzene rings is 4. The van der Waals surface area contributed by atoms with Gasteiger partial charge in [-0.2, -0.15) is 0 Å². The minimum atomic E-state index is -1.01. The van der Waals surface area contributed by atoms with Crippen molar-refractivity contribution in [3.8, 4) is 17.0 Å². The number of rotatable bonds is 2. The summed E-state index contributed by atoms with van der Waals surface area (Å²) >= 11 is 0. The average molecular weight is 419 g/mol. The number of carboxylic acids is 1. The number of aromatic nitrogens is 1. The summed E-state index contributed by atoms with van der Waals surface area (Å²) in [4.78, 5) is 16.2. The Morgan fingerprint density at radius 3 is 2.34 bits per heavy atom. The lowest BCUT2D eigenvalue weighted by Crippen LogP contribution is -2.03. The molecular formula is C28H21NO3. The summed E-state index contributed by atoms with van der Waals surface area (Å²) in [6, 6.07) is 21.5. The molecule has 4 nitrogen and oxygen atoms in total. The van der Waals surface area contributed by atoms with Crippen molar-refractivity contribution in [1.82, 2.24) is 4.98 Å². The van der Waals surface area contributed by atoms with Gasteiger partial charge in [0.25, 0.3) is 0 Å². The van der Waals surface area contributed by atoms with Crippen molar-refractivity contribution >= 4 is 38.4 Å². The number of nitrogens with zero attached hydrogens (tertiary/aromatic N) is 1. The van der Waals surface area contributed by atoms with E-state index >= 15 is 0 Å². The number of carbonyl (C=O) groups is 1. The van der Waals surface area contributed by atoms with Gasteiger partial charge >= 0.3 is 5.97 Å². The molecule has 4 aromatic carbocycles. The molecule has 32 heavy (non-hydrogen) atoms. The third-order valence-corrected chi connectivity index (χ3v) is 6.73. The summed E-state index contributed by atoms with van der Waals surface area (Å²) in [5.41, 5.74) is 4.86. The molecule has 0 unspecified atom stereocenters. The summed E-state index contributed by atoms with van der Waals surface area (Å²) in [6.45, 7) is 0. The Kier molecular flexibility index (Phi) is 4.15. The lowest BCUT2D eigenvalue weighted by Gasteiger charge is -2.20. The molecule has 6 rings (SSSR count). The second-order valence-electron chi connectivity index (χ2n) is 8.51. The molecule has 2 N–H and O–H groups in total. The Bertz CT molecular complexity index is 1570. The number of hydrogen-bond donors (Lipinski definition) is 2. The van der Waals surface area contributed by atoms with E-state index in [1.807, 2.05) is 12.1 Å². The first kappa shape index (κ1) is 18.8. The van der Waals surface area contributed by atoms with Crippen LogP contribution in [0, 0.1) is 0 Å². The lowest BCUT2D eigenvalue weighted by atomic mass is 9.84. The summed E-state index contributed by atoms with van der Waals surface area (Å²) in [5, 5.41) is 25.7. The molecule has 0 amide bonds. The Balaban J connectivity index is 1.74. The maximum atomic E-state index is 11.8. The molecule has 1 aliphatic carbocycles. The van der Waals surface area contributed by atoms with E-state index in [0.29, 0.717) is 16.5 Å². The SMILES string of the molecule is O=C(O)c1cccc2nc(O)c(-c3cc4c5c(ccc4c4ccccc34)CCCC5)cc12. The zero-order chi connectivity index (χ0) is 21.8. The molecule has 4 heteroatoms. The zero-order valence-electron chi connectivity index (χ0n) is 17.4. The predicted molar refractivity (Wildman–Crippen MR) is 127 cm³/mol. The van der Waals surface area contributed by atoms with Gasteiger partial charge in [0.15, 0.2) is 0 Å². The predicted octanol–water partition coefficient (Wildman–Crippen LogP) is 6.49. The van der Waals surface area contributed by atoms with Gasteiger partial charge in [-0.25, -0.2) is 9.78 Å². The fourth-order valence-electron chi connectivity index (χ4n) is 5.22. The van der Waals surface area contributed by atoms with E-state index in [0.717, 1.165) is 29.2 Å². The maximum Gasteiger partial charge on any atom is 0.336 e. The highest BCUT2D eigenvalue weighted by molar-refractivity contribution is 6.16. The van der Waals surface area contributed by atoms with Crippen LogP contribution in [0.1, 0.15) is 34.3 Å². The van der Waals surface area contributed by atoms with E-state index in [1.165, 1.54) is 34.7 Å². The molecule has 1 heterocycles. The number of carboxylic acid groups (broad SMARTS) is 1. The van der Waals surface area contributed by atoms with Crippen molar-refractivity contribution in [3.63, 3.8) is 0 Å². The van der Waals surface area contributed by atoms with Crippen LogP contribution in [0.3, 0.4) is 0 Å². The topological polar surface area (TPSA) is 70.4 Å². The third-order valence-electron chi connectivity index (χ3n) is 6.73. The molecule has 0 spiro atoms. The van der Waals surface area contributed by atoms with Crippen LogP contribution in [0.15, 0.2) is 66.7 Å². The quantitative estimate of drug-likeness (QED) is 0.321. The molecule has 0 bridgehead atoms. The number of aryl methyl sites for hydroxylation is 2. The van der Waals surface area contributed by atoms with E-state index in [4.69, 9.17) is 0 Å². The zero-order valence-corrected chi connectivity index (χ0v) is 17.4. The van der Waals surface area contributed by atoms with Crippen molar-refractivity contribution in [2.45, 2.75) is 25.7 Å². The molecule has 0 fully saturated rings. The summed E-state index contributed by atoms with van der Waals surface area (Å²) in [6.07, 6.45) is 4.54. The third kappa shape index (κ3) is 2.76. The van der Waals surface area contributed by atoms with E-state index in [9.17, 15) is 15.0 Å². The van der Waals surface area contributed by atoms with Gasteiger partial charge in [-0.15, -0.1) is 0 Å². The van der Waals surface area contributed by atoms with E-state index < -0.39 is 5.97 Å². The van der Waals surface area contributed by atoms with Crippen molar-refractivity contribution in [2.24, 2.45) is 0 Å². The van der Waals surface area contributed by atoms with Crippen LogP contribution in [0.4, 0.5) is 0 Å². The van der Waals surface area contributed by atoms with Gasteiger partial charge in [-0.1, -0.05) is 42.5 Å². The molecule has 5 aromatic rings. The summed E-state index contributed by atoms with van der Waals surface area (Å²) in [5.74, 6) is -1.10. The lowest BCUT2D eigenvalue weighted by molar-refractivity contribution is 0.0699. The molecule has 0 radical (unpaired) electrons. The highest BCUT2D eigenvalue weighted by Crippen LogP contribution is 2.41. The van der Waals surface area contributed by atoms with Gasteiger partial charge in [-0.3, -0.25) is 0 Å². The molecule has 0 atom stereocenters. The second kappa shape index (κ2) is 7.06. The first-order chi connectivity index (χ1) is 15.6. The molecule has 1 aliphatic rings. The van der Waals surface area contributed by atoms with Crippen molar-refractivity contribution in [2.75, 3.05) is 0 Å². The Morgan fingerprint density at radius 1 is 0.750 bits per heavy atom. The smallest absolute Gasteiger partial charge is 0.336 e. The minimum Gasteiger partial charge on any atom is -0.493 e. The van der Waals surface area contributed by atoms with Gasteiger partial charge in [0.2, 0.25) is 5.88 Å². The van der Waals surface area contributed by atoms with Gasteiger partial charge in [0.05, 0.1) is 11.1 Å². The summed E-state index contributed by atoms with van der Waals surface area (Å²) < 4.78 is 0. The van der Waals surface area contributed by atoms with Crippen molar-refractivity contribution in [3.05, 3.63) is 83.4 Å². The van der Waals surface area contributed by atoms with Crippen LogP contribution < -0.4 is 0 Å². The van der Waals surface area contributed by atoms with Gasteiger partial charge in [0.1, 0.15) is 0 Å². The first-order valence-electron chi connectivity index (χ1n) is 10.9. The van der Waals surface area contributed by atoms with Crippen molar-refractivity contribution in [1.29, 1.82) is 0 Å². The number of aromatic carboxylic acids is 1. The first-order valence-corrected chi connectivity index (χ1v) is 10.9. The highest BCUT2D eigenvalue weighted by atomic mass is 16.4. The van der Waals surface area contributed by atoms with Crippen LogP contribution in [0.2, 0.25) is 0 Å². The Morgan fingerprint density at radius 2 is 1.50 bits per heavy atom. The van der Waals surface area contributed by atoms with Gasteiger partial charge in [-0.05, 0) is 88.2 Å². The normalized spacial score (nSPS) is 13.5. The number of hydrogen-bond acceptors (Lipinski definition) is 3. The van der Waals surface area contributed by atoms with E-state index in [2.05, 4.69) is 35.3 Å². The molecule has 0 saturated heterocycles. The molecule has 0 saturated carbocycles. The Labute approximate surface area is 184 Å². The van der Waals surface area contributed by atoms with Gasteiger partial charge < -0.3 is 10.2 Å². The second-order valence-corrected chi connectivity index (χ2v) is 8.51.